The summed E-state index contributed by atoms with van der Waals surface area (Å²) >= 11 is 1.72. The Morgan fingerprint density at radius 3 is 2.57 bits per heavy atom. The average Bonchev–Trinajstić information content (AvgIpc) is 3.05. The lowest BCUT2D eigenvalue weighted by Gasteiger charge is -2.30. The minimum absolute atomic E-state index is 0.153. The molecule has 1 fully saturated rings. The predicted octanol–water partition coefficient (Wildman–Crippen LogP) is 3.21. The van der Waals surface area contributed by atoms with Crippen LogP contribution in [-0.2, 0) is 16.4 Å². The highest BCUT2D eigenvalue weighted by molar-refractivity contribution is 7.92. The van der Waals surface area contributed by atoms with Crippen molar-refractivity contribution in [2.24, 2.45) is 0 Å². The molecule has 23 heavy (non-hydrogen) atoms. The van der Waals surface area contributed by atoms with E-state index in [-0.39, 0.29) is 11.0 Å². The van der Waals surface area contributed by atoms with Crippen LogP contribution in [0.2, 0.25) is 0 Å². The summed E-state index contributed by atoms with van der Waals surface area (Å²) in [6, 6.07) is 10.3. The van der Waals surface area contributed by atoms with E-state index in [0.717, 1.165) is 37.5 Å². The van der Waals surface area contributed by atoms with Gasteiger partial charge in [-0.1, -0.05) is 37.3 Å². The van der Waals surface area contributed by atoms with Crippen LogP contribution in [0.4, 0.5) is 0 Å². The maximum atomic E-state index is 12.0. The molecule has 1 saturated heterocycles. The van der Waals surface area contributed by atoms with Crippen molar-refractivity contribution in [2.75, 3.05) is 18.8 Å². The molecule has 0 spiro atoms. The number of piperidine rings is 1. The third-order valence-corrected chi connectivity index (χ3v) is 7.74. The minimum Gasteiger partial charge on any atom is -0.297 e. The molecule has 0 N–H and O–H groups in total. The molecule has 0 amide bonds. The molecule has 0 bridgehead atoms. The van der Waals surface area contributed by atoms with Crippen molar-refractivity contribution in [3.8, 4) is 10.4 Å². The summed E-state index contributed by atoms with van der Waals surface area (Å²) in [6.45, 7) is 4.23. The molecule has 1 aromatic carbocycles. The summed E-state index contributed by atoms with van der Waals surface area (Å²) in [5, 5.41) is 0.945. The summed E-state index contributed by atoms with van der Waals surface area (Å²) in [6.07, 6.45) is 3.42. The van der Waals surface area contributed by atoms with Crippen LogP contribution in [-0.4, -0.2) is 42.4 Å². The number of thiazole rings is 1. The molecule has 124 valence electrons. The Hall–Kier alpha value is -1.24. The smallest absolute Gasteiger partial charge is 0.152 e. The van der Waals surface area contributed by atoms with E-state index in [1.165, 1.54) is 10.4 Å². The zero-order valence-corrected chi connectivity index (χ0v) is 14.9. The van der Waals surface area contributed by atoms with E-state index in [4.69, 9.17) is 0 Å². The van der Waals surface area contributed by atoms with Crippen LogP contribution in [0.5, 0.6) is 0 Å². The lowest BCUT2D eigenvalue weighted by molar-refractivity contribution is 0.222. The fourth-order valence-corrected chi connectivity index (χ4v) is 5.34. The standard InChI is InChI=1S/C17H22N2O2S2/c1-2-23(20,21)15-8-10-19(11-9-15)13-17-18-12-16(22-17)14-6-4-3-5-7-14/h3-7,12,15H,2,8-11,13H2,1H3. The second-order valence-corrected chi connectivity index (χ2v) is 9.60. The number of hydrogen-bond acceptors (Lipinski definition) is 5. The van der Waals surface area contributed by atoms with Crippen LogP contribution in [0, 0.1) is 0 Å². The first-order valence-electron chi connectivity index (χ1n) is 8.02. The summed E-state index contributed by atoms with van der Waals surface area (Å²) in [5.74, 6) is 0.255. The van der Waals surface area contributed by atoms with Crippen molar-refractivity contribution in [1.82, 2.24) is 9.88 Å². The number of hydrogen-bond donors (Lipinski definition) is 0. The maximum absolute atomic E-state index is 12.0. The average molecular weight is 351 g/mol. The fraction of sp³-hybridized carbons (Fsp3) is 0.471. The van der Waals surface area contributed by atoms with E-state index >= 15 is 0 Å². The Labute approximate surface area is 142 Å². The van der Waals surface area contributed by atoms with E-state index < -0.39 is 9.84 Å². The molecule has 4 nitrogen and oxygen atoms in total. The van der Waals surface area contributed by atoms with Gasteiger partial charge in [0.1, 0.15) is 5.01 Å². The van der Waals surface area contributed by atoms with Gasteiger partial charge in [-0.3, -0.25) is 4.90 Å². The molecular formula is C17H22N2O2S2. The van der Waals surface area contributed by atoms with E-state index in [9.17, 15) is 8.42 Å². The number of sulfone groups is 1. The third kappa shape index (κ3) is 4.00. The Kier molecular flexibility index (Phi) is 5.14. The quantitative estimate of drug-likeness (QED) is 0.831. The van der Waals surface area contributed by atoms with E-state index in [1.807, 2.05) is 24.4 Å². The first kappa shape index (κ1) is 16.6. The maximum Gasteiger partial charge on any atom is 0.152 e. The normalized spacial score (nSPS) is 17.4. The number of benzene rings is 1. The predicted molar refractivity (Wildman–Crippen MR) is 95.3 cm³/mol. The molecular weight excluding hydrogens is 328 g/mol. The molecule has 3 rings (SSSR count). The van der Waals surface area contributed by atoms with Crippen molar-refractivity contribution >= 4 is 21.2 Å². The minimum atomic E-state index is -2.89. The molecule has 0 saturated carbocycles. The van der Waals surface area contributed by atoms with Gasteiger partial charge >= 0.3 is 0 Å². The van der Waals surface area contributed by atoms with Crippen LogP contribution in [0.3, 0.4) is 0 Å². The van der Waals surface area contributed by atoms with Gasteiger partial charge in [-0.2, -0.15) is 0 Å². The van der Waals surface area contributed by atoms with Crippen molar-refractivity contribution in [3.05, 3.63) is 41.5 Å². The fourth-order valence-electron chi connectivity index (χ4n) is 2.97. The first-order valence-corrected chi connectivity index (χ1v) is 10.6. The van der Waals surface area contributed by atoms with E-state index in [0.29, 0.717) is 0 Å². The van der Waals surface area contributed by atoms with Gasteiger partial charge in [0.25, 0.3) is 0 Å². The van der Waals surface area contributed by atoms with Crippen LogP contribution in [0.15, 0.2) is 36.5 Å². The van der Waals surface area contributed by atoms with Gasteiger partial charge in [0.2, 0.25) is 0 Å². The molecule has 2 heterocycles. The summed E-state index contributed by atoms with van der Waals surface area (Å²) < 4.78 is 23.9. The van der Waals surface area contributed by atoms with Crippen LogP contribution in [0.25, 0.3) is 10.4 Å². The first-order chi connectivity index (χ1) is 11.1. The number of rotatable bonds is 5. The van der Waals surface area contributed by atoms with Crippen molar-refractivity contribution < 1.29 is 8.42 Å². The van der Waals surface area contributed by atoms with Gasteiger partial charge in [-0.05, 0) is 31.5 Å². The second kappa shape index (κ2) is 7.11. The molecule has 1 aliphatic rings. The molecule has 6 heteroatoms. The van der Waals surface area contributed by atoms with Crippen LogP contribution in [0.1, 0.15) is 24.8 Å². The van der Waals surface area contributed by atoms with Gasteiger partial charge in [-0.25, -0.2) is 13.4 Å². The number of aromatic nitrogens is 1. The highest BCUT2D eigenvalue weighted by atomic mass is 32.2. The largest absolute Gasteiger partial charge is 0.297 e. The number of likely N-dealkylation sites (tertiary alicyclic amines) is 1. The van der Waals surface area contributed by atoms with Gasteiger partial charge in [0.15, 0.2) is 9.84 Å². The Balaban J connectivity index is 1.59. The molecule has 0 radical (unpaired) electrons. The van der Waals surface area contributed by atoms with Crippen molar-refractivity contribution in [2.45, 2.75) is 31.6 Å². The Morgan fingerprint density at radius 2 is 1.91 bits per heavy atom. The Bertz CT molecular complexity index is 733. The summed E-state index contributed by atoms with van der Waals surface area (Å²) in [7, 11) is -2.89. The lowest BCUT2D eigenvalue weighted by Crippen LogP contribution is -2.39. The van der Waals surface area contributed by atoms with Gasteiger partial charge in [0.05, 0.1) is 16.7 Å². The lowest BCUT2D eigenvalue weighted by atomic mass is 10.1. The number of nitrogens with zero attached hydrogens (tertiary/aromatic N) is 2. The van der Waals surface area contributed by atoms with Gasteiger partial charge in [-0.15, -0.1) is 11.3 Å². The Morgan fingerprint density at radius 1 is 1.22 bits per heavy atom. The molecule has 0 unspecified atom stereocenters. The molecule has 2 aromatic rings. The SMILES string of the molecule is CCS(=O)(=O)C1CCN(Cc2ncc(-c3ccccc3)s2)CC1. The van der Waals surface area contributed by atoms with Crippen molar-refractivity contribution in [1.29, 1.82) is 0 Å². The van der Waals surface area contributed by atoms with Crippen LogP contribution >= 0.6 is 11.3 Å². The highest BCUT2D eigenvalue weighted by Gasteiger charge is 2.28. The summed E-state index contributed by atoms with van der Waals surface area (Å²) in [4.78, 5) is 8.03. The zero-order valence-electron chi connectivity index (χ0n) is 13.3. The van der Waals surface area contributed by atoms with Gasteiger partial charge < -0.3 is 0 Å². The second-order valence-electron chi connectivity index (χ2n) is 5.91. The molecule has 1 aromatic heterocycles. The topological polar surface area (TPSA) is 50.3 Å². The highest BCUT2D eigenvalue weighted by Crippen LogP contribution is 2.27. The molecule has 1 aliphatic heterocycles. The van der Waals surface area contributed by atoms with Crippen LogP contribution < -0.4 is 0 Å². The third-order valence-electron chi connectivity index (χ3n) is 4.42. The zero-order chi connectivity index (χ0) is 16.3. The van der Waals surface area contributed by atoms with Crippen molar-refractivity contribution in [3.63, 3.8) is 0 Å². The molecule has 0 aliphatic carbocycles. The molecule has 0 atom stereocenters. The summed E-state index contributed by atoms with van der Waals surface area (Å²) in [5.41, 5.74) is 1.20. The van der Waals surface area contributed by atoms with E-state index in [2.05, 4.69) is 22.0 Å². The van der Waals surface area contributed by atoms with E-state index in [1.54, 1.807) is 18.3 Å². The van der Waals surface area contributed by atoms with Gasteiger partial charge in [0, 0.05) is 11.9 Å². The monoisotopic (exact) mass is 350 g/mol.